The minimum Gasteiger partial charge on any atom is -0.458 e. The maximum atomic E-state index is 12.5. The average Bonchev–Trinajstić information content (AvgIpc) is 2.50. The second-order valence-electron chi connectivity index (χ2n) is 7.76. The molecule has 5 nitrogen and oxygen atoms in total. The molecule has 0 heterocycles. The van der Waals surface area contributed by atoms with Crippen LogP contribution in [0.5, 0.6) is 0 Å². The SMILES string of the molecule is CCC(C)(C)OC(=O)C(CCc1ccccc1)NC(=O)OC(C)(C)C. The van der Waals surface area contributed by atoms with Crippen LogP contribution in [0.15, 0.2) is 30.3 Å². The van der Waals surface area contributed by atoms with E-state index >= 15 is 0 Å². The molecular weight excluding hydrogens is 318 g/mol. The first kappa shape index (κ1) is 21.0. The van der Waals surface area contributed by atoms with Crippen LogP contribution in [0.1, 0.15) is 59.9 Å². The van der Waals surface area contributed by atoms with E-state index in [1.807, 2.05) is 51.1 Å². The lowest BCUT2D eigenvalue weighted by Crippen LogP contribution is -2.46. The number of aryl methyl sites for hydroxylation is 1. The number of alkyl carbamates (subject to hydrolysis) is 1. The van der Waals surface area contributed by atoms with Gasteiger partial charge in [-0.2, -0.15) is 0 Å². The molecule has 1 N–H and O–H groups in total. The highest BCUT2D eigenvalue weighted by Crippen LogP contribution is 2.17. The highest BCUT2D eigenvalue weighted by molar-refractivity contribution is 5.81. The molecule has 25 heavy (non-hydrogen) atoms. The Morgan fingerprint density at radius 1 is 1.04 bits per heavy atom. The van der Waals surface area contributed by atoms with Gasteiger partial charge < -0.3 is 14.8 Å². The molecule has 1 amide bonds. The number of amides is 1. The summed E-state index contributed by atoms with van der Waals surface area (Å²) in [5.74, 6) is -0.436. The summed E-state index contributed by atoms with van der Waals surface area (Å²) in [6, 6.07) is 9.07. The molecule has 0 aliphatic carbocycles. The minimum atomic E-state index is -0.749. The maximum absolute atomic E-state index is 12.5. The Labute approximate surface area is 151 Å². The molecule has 1 unspecified atom stereocenters. The van der Waals surface area contributed by atoms with Crippen molar-refractivity contribution in [1.82, 2.24) is 5.32 Å². The molecule has 0 aromatic heterocycles. The first-order valence-electron chi connectivity index (χ1n) is 8.79. The summed E-state index contributed by atoms with van der Waals surface area (Å²) in [4.78, 5) is 24.6. The number of carbonyl (C=O) groups is 2. The van der Waals surface area contributed by atoms with Crippen LogP contribution in [-0.4, -0.2) is 29.3 Å². The molecule has 1 rings (SSSR count). The molecule has 0 fully saturated rings. The molecule has 140 valence electrons. The number of carbonyl (C=O) groups excluding carboxylic acids is 2. The van der Waals surface area contributed by atoms with Gasteiger partial charge in [0.2, 0.25) is 0 Å². The lowest BCUT2D eigenvalue weighted by atomic mass is 10.0. The summed E-state index contributed by atoms with van der Waals surface area (Å²) in [7, 11) is 0. The van der Waals surface area contributed by atoms with E-state index in [4.69, 9.17) is 9.47 Å². The summed E-state index contributed by atoms with van der Waals surface area (Å²) in [5, 5.41) is 2.65. The number of ether oxygens (including phenoxy) is 2. The normalized spacial score (nSPS) is 13.0. The second-order valence-corrected chi connectivity index (χ2v) is 7.76. The Balaban J connectivity index is 2.78. The fourth-order valence-electron chi connectivity index (χ4n) is 2.07. The highest BCUT2D eigenvalue weighted by Gasteiger charge is 2.29. The lowest BCUT2D eigenvalue weighted by molar-refractivity contribution is -0.159. The molecule has 0 aliphatic heterocycles. The molecule has 0 spiro atoms. The highest BCUT2D eigenvalue weighted by atomic mass is 16.6. The van der Waals surface area contributed by atoms with Crippen LogP contribution < -0.4 is 5.32 Å². The Bertz CT molecular complexity index is 561. The van der Waals surface area contributed by atoms with Gasteiger partial charge in [0.1, 0.15) is 17.2 Å². The minimum absolute atomic E-state index is 0.436. The zero-order valence-electron chi connectivity index (χ0n) is 16.2. The van der Waals surface area contributed by atoms with Gasteiger partial charge in [-0.1, -0.05) is 37.3 Å². The summed E-state index contributed by atoms with van der Waals surface area (Å²) < 4.78 is 10.8. The monoisotopic (exact) mass is 349 g/mol. The van der Waals surface area contributed by atoms with E-state index in [0.717, 1.165) is 5.56 Å². The molecule has 1 atom stereocenters. The second kappa shape index (κ2) is 8.88. The van der Waals surface area contributed by atoms with Crippen molar-refractivity contribution in [2.45, 2.75) is 78.0 Å². The number of rotatable bonds is 7. The largest absolute Gasteiger partial charge is 0.458 e. The fourth-order valence-corrected chi connectivity index (χ4v) is 2.07. The van der Waals surface area contributed by atoms with Crippen LogP contribution in [0.3, 0.4) is 0 Å². The van der Waals surface area contributed by atoms with E-state index in [1.165, 1.54) is 0 Å². The summed E-state index contributed by atoms with van der Waals surface area (Å²) in [5.41, 5.74) is -0.0979. The van der Waals surface area contributed by atoms with E-state index in [0.29, 0.717) is 19.3 Å². The van der Waals surface area contributed by atoms with Crippen molar-refractivity contribution in [3.05, 3.63) is 35.9 Å². The number of hydrogen-bond donors (Lipinski definition) is 1. The van der Waals surface area contributed by atoms with Gasteiger partial charge in [0, 0.05) is 0 Å². The van der Waals surface area contributed by atoms with Gasteiger partial charge in [-0.05, 0) is 59.4 Å². The van der Waals surface area contributed by atoms with Crippen molar-refractivity contribution in [1.29, 1.82) is 0 Å². The van der Waals surface area contributed by atoms with Gasteiger partial charge in [-0.3, -0.25) is 0 Å². The summed E-state index contributed by atoms with van der Waals surface area (Å²) in [6.07, 6.45) is 1.18. The summed E-state index contributed by atoms with van der Waals surface area (Å²) in [6.45, 7) is 11.0. The molecule has 0 saturated heterocycles. The van der Waals surface area contributed by atoms with Gasteiger partial charge in [-0.25, -0.2) is 9.59 Å². The predicted octanol–water partition coefficient (Wildman–Crippen LogP) is 4.24. The van der Waals surface area contributed by atoms with Crippen molar-refractivity contribution < 1.29 is 19.1 Å². The third-order valence-corrected chi connectivity index (χ3v) is 3.77. The fraction of sp³-hybridized carbons (Fsp3) is 0.600. The third kappa shape index (κ3) is 8.57. The van der Waals surface area contributed by atoms with Crippen molar-refractivity contribution >= 4 is 12.1 Å². The molecule has 0 aliphatic rings. The van der Waals surface area contributed by atoms with Crippen molar-refractivity contribution in [3.8, 4) is 0 Å². The van der Waals surface area contributed by atoms with Crippen LogP contribution in [0.4, 0.5) is 4.79 Å². The molecule has 0 bridgehead atoms. The van der Waals surface area contributed by atoms with E-state index in [-0.39, 0.29) is 0 Å². The predicted molar refractivity (Wildman–Crippen MR) is 98.4 cm³/mol. The summed E-state index contributed by atoms with van der Waals surface area (Å²) >= 11 is 0. The standard InChI is InChI=1S/C20H31NO4/c1-7-20(5,6)24-17(22)16(21-18(23)25-19(2,3)4)14-13-15-11-9-8-10-12-15/h8-12,16H,7,13-14H2,1-6H3,(H,21,23). The lowest BCUT2D eigenvalue weighted by Gasteiger charge is -2.28. The topological polar surface area (TPSA) is 64.6 Å². The Kier molecular flexibility index (Phi) is 7.46. The smallest absolute Gasteiger partial charge is 0.408 e. The zero-order valence-corrected chi connectivity index (χ0v) is 16.2. The van der Waals surface area contributed by atoms with Gasteiger partial charge in [0.15, 0.2) is 0 Å². The molecule has 1 aromatic rings. The number of nitrogens with one attached hydrogen (secondary N) is 1. The van der Waals surface area contributed by atoms with Crippen LogP contribution >= 0.6 is 0 Å². The number of hydrogen-bond acceptors (Lipinski definition) is 4. The van der Waals surface area contributed by atoms with Crippen LogP contribution in [-0.2, 0) is 20.7 Å². The average molecular weight is 349 g/mol. The quantitative estimate of drug-likeness (QED) is 0.748. The third-order valence-electron chi connectivity index (χ3n) is 3.77. The molecular formula is C20H31NO4. The first-order valence-corrected chi connectivity index (χ1v) is 8.79. The molecule has 0 saturated carbocycles. The zero-order chi connectivity index (χ0) is 19.1. The van der Waals surface area contributed by atoms with Crippen LogP contribution in [0.25, 0.3) is 0 Å². The molecule has 5 heteroatoms. The number of esters is 1. The van der Waals surface area contributed by atoms with E-state index in [2.05, 4.69) is 5.32 Å². The van der Waals surface area contributed by atoms with Gasteiger partial charge in [0.25, 0.3) is 0 Å². The van der Waals surface area contributed by atoms with Gasteiger partial charge in [0.05, 0.1) is 0 Å². The van der Waals surface area contributed by atoms with Crippen LogP contribution in [0, 0.1) is 0 Å². The van der Waals surface area contributed by atoms with E-state index < -0.39 is 29.3 Å². The van der Waals surface area contributed by atoms with Crippen molar-refractivity contribution in [2.75, 3.05) is 0 Å². The Morgan fingerprint density at radius 2 is 1.64 bits per heavy atom. The van der Waals surface area contributed by atoms with Gasteiger partial charge in [-0.15, -0.1) is 0 Å². The maximum Gasteiger partial charge on any atom is 0.408 e. The van der Waals surface area contributed by atoms with E-state index in [1.54, 1.807) is 20.8 Å². The Morgan fingerprint density at radius 3 is 2.16 bits per heavy atom. The van der Waals surface area contributed by atoms with Crippen molar-refractivity contribution in [3.63, 3.8) is 0 Å². The molecule has 1 aromatic carbocycles. The van der Waals surface area contributed by atoms with Crippen molar-refractivity contribution in [2.24, 2.45) is 0 Å². The first-order chi connectivity index (χ1) is 11.5. The Hall–Kier alpha value is -2.04. The van der Waals surface area contributed by atoms with Crippen LogP contribution in [0.2, 0.25) is 0 Å². The van der Waals surface area contributed by atoms with E-state index in [9.17, 15) is 9.59 Å². The number of benzene rings is 1. The molecule has 0 radical (unpaired) electrons. The van der Waals surface area contributed by atoms with Gasteiger partial charge >= 0.3 is 12.1 Å².